The molecule has 1 N–H and O–H groups in total. The van der Waals surface area contributed by atoms with Gasteiger partial charge in [0.15, 0.2) is 0 Å². The minimum Gasteiger partial charge on any atom is -0.395 e. The molecule has 0 amide bonds. The van der Waals surface area contributed by atoms with Gasteiger partial charge in [0.1, 0.15) is 5.82 Å². The molecule has 0 unspecified atom stereocenters. The molecule has 0 aliphatic heterocycles. The van der Waals surface area contributed by atoms with Crippen LogP contribution in [0.3, 0.4) is 0 Å². The second kappa shape index (κ2) is 4.23. The van der Waals surface area contributed by atoms with Gasteiger partial charge in [0, 0.05) is 19.8 Å². The molecular weight excluding hydrogens is 164 g/mol. The lowest BCUT2D eigenvalue weighted by atomic mass is 10.2. The first kappa shape index (κ1) is 9.99. The average Bonchev–Trinajstić information content (AvgIpc) is 2.04. The van der Waals surface area contributed by atoms with Crippen LogP contribution in [0.2, 0.25) is 0 Å². The van der Waals surface area contributed by atoms with E-state index in [0.717, 1.165) is 11.4 Å². The SMILES string of the molecule is Cc1cnc(N(C)CCO)c(C)c1. The van der Waals surface area contributed by atoms with Crippen molar-refractivity contribution < 1.29 is 5.11 Å². The summed E-state index contributed by atoms with van der Waals surface area (Å²) in [7, 11) is 1.93. The van der Waals surface area contributed by atoms with Crippen LogP contribution in [0.5, 0.6) is 0 Å². The molecule has 0 saturated carbocycles. The number of rotatable bonds is 3. The summed E-state index contributed by atoms with van der Waals surface area (Å²) in [6.45, 7) is 4.83. The highest BCUT2D eigenvalue weighted by Gasteiger charge is 2.04. The average molecular weight is 180 g/mol. The maximum Gasteiger partial charge on any atom is 0.131 e. The number of hydrogen-bond donors (Lipinski definition) is 1. The second-order valence-electron chi connectivity index (χ2n) is 3.30. The van der Waals surface area contributed by atoms with E-state index in [-0.39, 0.29) is 6.61 Å². The van der Waals surface area contributed by atoms with Gasteiger partial charge in [0.05, 0.1) is 6.61 Å². The Kier molecular flexibility index (Phi) is 3.25. The summed E-state index contributed by atoms with van der Waals surface area (Å²) in [6.07, 6.45) is 1.84. The van der Waals surface area contributed by atoms with Crippen LogP contribution < -0.4 is 4.90 Å². The fourth-order valence-electron chi connectivity index (χ4n) is 1.36. The van der Waals surface area contributed by atoms with Gasteiger partial charge in [-0.3, -0.25) is 0 Å². The Morgan fingerprint density at radius 1 is 1.46 bits per heavy atom. The van der Waals surface area contributed by atoms with Gasteiger partial charge in [0.25, 0.3) is 0 Å². The first-order valence-electron chi connectivity index (χ1n) is 4.40. The zero-order chi connectivity index (χ0) is 9.84. The first-order chi connectivity index (χ1) is 6.15. The molecule has 13 heavy (non-hydrogen) atoms. The number of aryl methyl sites for hydroxylation is 2. The summed E-state index contributed by atoms with van der Waals surface area (Å²) in [5.41, 5.74) is 2.31. The number of pyridine rings is 1. The van der Waals surface area contributed by atoms with E-state index in [0.29, 0.717) is 6.54 Å². The van der Waals surface area contributed by atoms with E-state index in [1.165, 1.54) is 5.56 Å². The Hall–Kier alpha value is -1.09. The van der Waals surface area contributed by atoms with Crippen LogP contribution in [0, 0.1) is 13.8 Å². The van der Waals surface area contributed by atoms with Crippen LogP contribution in [0.1, 0.15) is 11.1 Å². The highest BCUT2D eigenvalue weighted by molar-refractivity contribution is 5.46. The predicted molar refractivity (Wildman–Crippen MR) is 54.1 cm³/mol. The van der Waals surface area contributed by atoms with Crippen LogP contribution in [-0.4, -0.2) is 30.3 Å². The molecule has 0 fully saturated rings. The van der Waals surface area contributed by atoms with Gasteiger partial charge in [-0.2, -0.15) is 0 Å². The van der Waals surface area contributed by atoms with Crippen molar-refractivity contribution in [3.05, 3.63) is 23.4 Å². The molecule has 0 radical (unpaired) electrons. The van der Waals surface area contributed by atoms with Crippen molar-refractivity contribution in [2.24, 2.45) is 0 Å². The van der Waals surface area contributed by atoms with Gasteiger partial charge < -0.3 is 10.0 Å². The number of nitrogens with zero attached hydrogens (tertiary/aromatic N) is 2. The third-order valence-corrected chi connectivity index (χ3v) is 1.98. The third-order valence-electron chi connectivity index (χ3n) is 1.98. The lowest BCUT2D eigenvalue weighted by Crippen LogP contribution is -2.23. The lowest BCUT2D eigenvalue weighted by Gasteiger charge is -2.18. The zero-order valence-electron chi connectivity index (χ0n) is 8.41. The molecule has 0 bridgehead atoms. The number of aliphatic hydroxyl groups is 1. The van der Waals surface area contributed by atoms with E-state index in [1.54, 1.807) is 0 Å². The molecule has 0 saturated heterocycles. The molecule has 1 aromatic rings. The van der Waals surface area contributed by atoms with Crippen LogP contribution in [-0.2, 0) is 0 Å². The lowest BCUT2D eigenvalue weighted by molar-refractivity contribution is 0.304. The van der Waals surface area contributed by atoms with E-state index >= 15 is 0 Å². The van der Waals surface area contributed by atoms with E-state index in [9.17, 15) is 0 Å². The Labute approximate surface area is 79.0 Å². The summed E-state index contributed by atoms with van der Waals surface area (Å²) < 4.78 is 0. The minimum atomic E-state index is 0.158. The monoisotopic (exact) mass is 180 g/mol. The van der Waals surface area contributed by atoms with Crippen molar-refractivity contribution in [3.8, 4) is 0 Å². The highest BCUT2D eigenvalue weighted by atomic mass is 16.3. The molecule has 0 atom stereocenters. The van der Waals surface area contributed by atoms with Gasteiger partial charge in [-0.1, -0.05) is 6.07 Å². The fraction of sp³-hybridized carbons (Fsp3) is 0.500. The maximum absolute atomic E-state index is 8.77. The highest BCUT2D eigenvalue weighted by Crippen LogP contribution is 2.15. The summed E-state index contributed by atoms with van der Waals surface area (Å²) in [4.78, 5) is 6.26. The topological polar surface area (TPSA) is 36.4 Å². The summed E-state index contributed by atoms with van der Waals surface area (Å²) >= 11 is 0. The normalized spacial score (nSPS) is 10.2. The first-order valence-corrected chi connectivity index (χ1v) is 4.40. The van der Waals surface area contributed by atoms with Gasteiger partial charge in [0.2, 0.25) is 0 Å². The summed E-state index contributed by atoms with van der Waals surface area (Å²) in [6, 6.07) is 2.09. The molecule has 0 aromatic carbocycles. The molecule has 1 heterocycles. The van der Waals surface area contributed by atoms with Gasteiger partial charge in [-0.15, -0.1) is 0 Å². The molecule has 1 aromatic heterocycles. The quantitative estimate of drug-likeness (QED) is 0.757. The zero-order valence-corrected chi connectivity index (χ0v) is 8.41. The molecule has 3 heteroatoms. The molecule has 0 aliphatic carbocycles. The van der Waals surface area contributed by atoms with Crippen LogP contribution in [0.25, 0.3) is 0 Å². The smallest absolute Gasteiger partial charge is 0.131 e. The summed E-state index contributed by atoms with van der Waals surface area (Å²) in [5.74, 6) is 0.944. The molecule has 72 valence electrons. The largest absolute Gasteiger partial charge is 0.395 e. The van der Waals surface area contributed by atoms with Crippen molar-refractivity contribution in [3.63, 3.8) is 0 Å². The summed E-state index contributed by atoms with van der Waals surface area (Å²) in [5, 5.41) is 8.77. The molecule has 0 spiro atoms. The number of likely N-dealkylation sites (N-methyl/N-ethyl adjacent to an activating group) is 1. The third kappa shape index (κ3) is 2.42. The van der Waals surface area contributed by atoms with Crippen molar-refractivity contribution in [2.45, 2.75) is 13.8 Å². The van der Waals surface area contributed by atoms with E-state index < -0.39 is 0 Å². The number of aromatic nitrogens is 1. The molecular formula is C10H16N2O. The Balaban J connectivity index is 2.88. The number of anilines is 1. The molecule has 0 aliphatic rings. The fourth-order valence-corrected chi connectivity index (χ4v) is 1.36. The van der Waals surface area contributed by atoms with Crippen molar-refractivity contribution in [2.75, 3.05) is 25.1 Å². The van der Waals surface area contributed by atoms with Gasteiger partial charge in [-0.25, -0.2) is 4.98 Å². The van der Waals surface area contributed by atoms with E-state index in [1.807, 2.05) is 32.0 Å². The standard InChI is InChI=1S/C10H16N2O/c1-8-6-9(2)10(11-7-8)12(3)4-5-13/h6-7,13H,4-5H2,1-3H3. The van der Waals surface area contributed by atoms with Crippen molar-refractivity contribution >= 4 is 5.82 Å². The van der Waals surface area contributed by atoms with E-state index in [2.05, 4.69) is 11.1 Å². The van der Waals surface area contributed by atoms with Gasteiger partial charge >= 0.3 is 0 Å². The van der Waals surface area contributed by atoms with Crippen molar-refractivity contribution in [1.29, 1.82) is 0 Å². The Morgan fingerprint density at radius 2 is 2.15 bits per heavy atom. The Bertz CT molecular complexity index is 286. The van der Waals surface area contributed by atoms with Crippen LogP contribution >= 0.6 is 0 Å². The van der Waals surface area contributed by atoms with Crippen LogP contribution in [0.15, 0.2) is 12.3 Å². The number of aliphatic hydroxyl groups excluding tert-OH is 1. The van der Waals surface area contributed by atoms with Gasteiger partial charge in [-0.05, 0) is 25.0 Å². The second-order valence-corrected chi connectivity index (χ2v) is 3.30. The maximum atomic E-state index is 8.77. The minimum absolute atomic E-state index is 0.158. The molecule has 3 nitrogen and oxygen atoms in total. The molecule has 1 rings (SSSR count). The Morgan fingerprint density at radius 3 is 2.69 bits per heavy atom. The van der Waals surface area contributed by atoms with Crippen molar-refractivity contribution in [1.82, 2.24) is 4.98 Å². The van der Waals surface area contributed by atoms with E-state index in [4.69, 9.17) is 5.11 Å². The number of hydrogen-bond acceptors (Lipinski definition) is 3. The van der Waals surface area contributed by atoms with Crippen LogP contribution in [0.4, 0.5) is 5.82 Å². The predicted octanol–water partition coefficient (Wildman–Crippen LogP) is 1.13.